The molecule has 0 bridgehead atoms. The topological polar surface area (TPSA) is 92.0 Å². The summed E-state index contributed by atoms with van der Waals surface area (Å²) in [7, 11) is 1.74. The Kier molecular flexibility index (Phi) is 8.09. The van der Waals surface area contributed by atoms with Crippen molar-refractivity contribution in [2.75, 3.05) is 33.4 Å². The number of carbonyl (C=O) groups is 2. The number of rotatable bonds is 4. The van der Waals surface area contributed by atoms with Crippen LogP contribution in [0.4, 0.5) is 13.2 Å². The largest absolute Gasteiger partial charge is 0.490 e. The molecule has 2 aliphatic rings. The molecule has 1 amide bonds. The van der Waals surface area contributed by atoms with Crippen LogP contribution in [0, 0.1) is 24.7 Å². The number of piperidine rings is 1. The van der Waals surface area contributed by atoms with Crippen LogP contribution in [-0.4, -0.2) is 61.4 Å². The molecule has 0 spiro atoms. The zero-order valence-electron chi connectivity index (χ0n) is 16.5. The number of carboxylic acid groups (broad SMARTS) is 1. The van der Waals surface area contributed by atoms with Gasteiger partial charge in [-0.2, -0.15) is 13.2 Å². The summed E-state index contributed by atoms with van der Waals surface area (Å²) in [5.41, 5.74) is 0. The third kappa shape index (κ3) is 6.74. The van der Waals surface area contributed by atoms with Gasteiger partial charge < -0.3 is 19.6 Å². The standard InChI is InChI=1S/C17H26N2O3.C2HF3O2/c1-12-3-4-14(22-12)10-19-7-5-15-13(11-21-2)9-18-17(20)16(15)6-8-19;3-2(4,5)1(6)7/h3-4,13,15-16H,5-11H2,1-2H3,(H,18,20);(H,6,7)/t13-,15-,16-;/m1./s1. The lowest BCUT2D eigenvalue weighted by atomic mass is 9.75. The third-order valence-corrected chi connectivity index (χ3v) is 5.33. The van der Waals surface area contributed by atoms with Gasteiger partial charge in [-0.3, -0.25) is 9.69 Å². The fraction of sp³-hybridized carbons (Fsp3) is 0.684. The van der Waals surface area contributed by atoms with Crippen LogP contribution in [0.5, 0.6) is 0 Å². The molecule has 1 aromatic heterocycles. The Morgan fingerprint density at radius 2 is 2.00 bits per heavy atom. The highest BCUT2D eigenvalue weighted by atomic mass is 19.4. The SMILES string of the molecule is COC[C@H]1CNC(=O)[C@@H]2CCN(Cc3ccc(C)o3)CC[C@H]12.O=C(O)C(F)(F)F. The maximum absolute atomic E-state index is 12.2. The second-order valence-corrected chi connectivity index (χ2v) is 7.40. The first kappa shape index (κ1) is 23.2. The van der Waals surface area contributed by atoms with Gasteiger partial charge in [0.1, 0.15) is 11.5 Å². The molecule has 0 aliphatic carbocycles. The minimum Gasteiger partial charge on any atom is -0.475 e. The molecular weight excluding hydrogens is 393 g/mol. The highest BCUT2D eigenvalue weighted by Crippen LogP contribution is 2.34. The van der Waals surface area contributed by atoms with E-state index in [-0.39, 0.29) is 11.8 Å². The number of fused-ring (bicyclic) bond motifs is 1. The van der Waals surface area contributed by atoms with Gasteiger partial charge in [0, 0.05) is 25.5 Å². The Balaban J connectivity index is 0.000000370. The first-order chi connectivity index (χ1) is 13.6. The molecule has 10 heteroatoms. The van der Waals surface area contributed by atoms with Crippen LogP contribution < -0.4 is 5.32 Å². The summed E-state index contributed by atoms with van der Waals surface area (Å²) in [6.07, 6.45) is -3.10. The number of methoxy groups -OCH3 is 1. The van der Waals surface area contributed by atoms with Gasteiger partial charge in [0.15, 0.2) is 0 Å². The second-order valence-electron chi connectivity index (χ2n) is 7.40. The van der Waals surface area contributed by atoms with E-state index in [1.807, 2.05) is 19.1 Å². The van der Waals surface area contributed by atoms with Gasteiger partial charge in [0.05, 0.1) is 13.2 Å². The van der Waals surface area contributed by atoms with Crippen molar-refractivity contribution in [3.05, 3.63) is 23.7 Å². The van der Waals surface area contributed by atoms with Gasteiger partial charge in [-0.25, -0.2) is 4.79 Å². The smallest absolute Gasteiger partial charge is 0.475 e. The van der Waals surface area contributed by atoms with Crippen LogP contribution in [0.2, 0.25) is 0 Å². The van der Waals surface area contributed by atoms with Crippen LogP contribution in [0.15, 0.2) is 16.5 Å². The van der Waals surface area contributed by atoms with Crippen molar-refractivity contribution in [2.24, 2.45) is 17.8 Å². The summed E-state index contributed by atoms with van der Waals surface area (Å²) in [6.45, 7) is 6.27. The summed E-state index contributed by atoms with van der Waals surface area (Å²) >= 11 is 0. The average Bonchev–Trinajstić information content (AvgIpc) is 2.92. The molecule has 1 aromatic rings. The highest BCUT2D eigenvalue weighted by molar-refractivity contribution is 5.79. The molecule has 0 unspecified atom stereocenters. The molecule has 29 heavy (non-hydrogen) atoms. The molecule has 3 atom stereocenters. The number of furan rings is 1. The molecule has 3 heterocycles. The molecule has 7 nitrogen and oxygen atoms in total. The lowest BCUT2D eigenvalue weighted by Gasteiger charge is -2.36. The zero-order valence-corrected chi connectivity index (χ0v) is 16.5. The number of hydrogen-bond donors (Lipinski definition) is 2. The van der Waals surface area contributed by atoms with E-state index in [1.54, 1.807) is 7.11 Å². The number of halogens is 3. The Bertz CT molecular complexity index is 692. The predicted octanol–water partition coefficient (Wildman–Crippen LogP) is 2.44. The first-order valence-electron chi connectivity index (χ1n) is 9.46. The van der Waals surface area contributed by atoms with Crippen LogP contribution in [-0.2, 0) is 20.9 Å². The van der Waals surface area contributed by atoms with Gasteiger partial charge >= 0.3 is 12.1 Å². The van der Waals surface area contributed by atoms with E-state index in [0.29, 0.717) is 11.8 Å². The number of hydrogen-bond acceptors (Lipinski definition) is 5. The lowest BCUT2D eigenvalue weighted by molar-refractivity contribution is -0.192. The van der Waals surface area contributed by atoms with E-state index in [0.717, 1.165) is 57.1 Å². The van der Waals surface area contributed by atoms with Gasteiger partial charge in [-0.15, -0.1) is 0 Å². The third-order valence-electron chi connectivity index (χ3n) is 5.33. The Morgan fingerprint density at radius 3 is 2.55 bits per heavy atom. The van der Waals surface area contributed by atoms with Gasteiger partial charge in [0.2, 0.25) is 5.91 Å². The highest BCUT2D eigenvalue weighted by Gasteiger charge is 2.40. The number of carboxylic acids is 1. The number of carbonyl (C=O) groups excluding carboxylic acids is 1. The molecule has 0 saturated carbocycles. The molecule has 3 rings (SSSR count). The van der Waals surface area contributed by atoms with E-state index in [2.05, 4.69) is 10.2 Å². The average molecular weight is 420 g/mol. The Labute approximate surface area is 167 Å². The molecule has 2 saturated heterocycles. The Morgan fingerprint density at radius 1 is 1.34 bits per heavy atom. The van der Waals surface area contributed by atoms with E-state index in [9.17, 15) is 18.0 Å². The molecule has 2 N–H and O–H groups in total. The van der Waals surface area contributed by atoms with Crippen molar-refractivity contribution in [1.29, 1.82) is 0 Å². The number of nitrogens with one attached hydrogen (secondary N) is 1. The fourth-order valence-electron chi connectivity index (χ4n) is 3.93. The summed E-state index contributed by atoms with van der Waals surface area (Å²) in [5.74, 6) is 0.464. The normalized spacial score (nSPS) is 25.3. The van der Waals surface area contributed by atoms with Crippen molar-refractivity contribution in [3.63, 3.8) is 0 Å². The monoisotopic (exact) mass is 420 g/mol. The molecule has 0 aromatic carbocycles. The van der Waals surface area contributed by atoms with Crippen molar-refractivity contribution in [1.82, 2.24) is 10.2 Å². The second kappa shape index (κ2) is 10.1. The first-order valence-corrected chi connectivity index (χ1v) is 9.46. The molecule has 0 radical (unpaired) electrons. The van der Waals surface area contributed by atoms with Crippen molar-refractivity contribution in [2.45, 2.75) is 32.5 Å². The summed E-state index contributed by atoms with van der Waals surface area (Å²) in [6, 6.07) is 4.06. The van der Waals surface area contributed by atoms with Crippen molar-refractivity contribution >= 4 is 11.9 Å². The lowest BCUT2D eigenvalue weighted by Crippen LogP contribution is -2.49. The van der Waals surface area contributed by atoms with Crippen molar-refractivity contribution in [3.8, 4) is 0 Å². The summed E-state index contributed by atoms with van der Waals surface area (Å²) in [4.78, 5) is 23.5. The number of aliphatic carboxylic acids is 1. The minimum absolute atomic E-state index is 0.136. The minimum atomic E-state index is -5.08. The maximum Gasteiger partial charge on any atom is 0.490 e. The number of amides is 1. The number of likely N-dealkylation sites (tertiary alicyclic amines) is 1. The summed E-state index contributed by atoms with van der Waals surface area (Å²) in [5, 5.41) is 10.2. The maximum atomic E-state index is 12.2. The van der Waals surface area contributed by atoms with Crippen LogP contribution in [0.25, 0.3) is 0 Å². The van der Waals surface area contributed by atoms with Gasteiger partial charge in [-0.1, -0.05) is 0 Å². The number of ether oxygens (including phenoxy) is 1. The molecule has 2 aliphatic heterocycles. The van der Waals surface area contributed by atoms with E-state index >= 15 is 0 Å². The van der Waals surface area contributed by atoms with Crippen LogP contribution in [0.3, 0.4) is 0 Å². The molecule has 164 valence electrons. The number of nitrogens with zero attached hydrogens (tertiary/aromatic N) is 1. The number of alkyl halides is 3. The fourth-order valence-corrected chi connectivity index (χ4v) is 3.93. The Hall–Kier alpha value is -2.07. The quantitative estimate of drug-likeness (QED) is 0.778. The van der Waals surface area contributed by atoms with E-state index in [4.69, 9.17) is 19.1 Å². The predicted molar refractivity (Wildman–Crippen MR) is 97.0 cm³/mol. The van der Waals surface area contributed by atoms with Gasteiger partial charge in [-0.05, 0) is 50.9 Å². The molecule has 2 fully saturated rings. The van der Waals surface area contributed by atoms with Gasteiger partial charge in [0.25, 0.3) is 0 Å². The van der Waals surface area contributed by atoms with E-state index < -0.39 is 12.1 Å². The van der Waals surface area contributed by atoms with Crippen LogP contribution >= 0.6 is 0 Å². The van der Waals surface area contributed by atoms with Crippen LogP contribution in [0.1, 0.15) is 24.4 Å². The zero-order chi connectivity index (χ0) is 21.6. The molecular formula is C19H27F3N2O5. The van der Waals surface area contributed by atoms with E-state index in [1.165, 1.54) is 0 Å². The summed E-state index contributed by atoms with van der Waals surface area (Å²) < 4.78 is 42.8. The number of aryl methyl sites for hydroxylation is 1. The van der Waals surface area contributed by atoms with Crippen molar-refractivity contribution < 1.29 is 37.0 Å².